The van der Waals surface area contributed by atoms with E-state index in [4.69, 9.17) is 15.0 Å². The molecule has 0 aromatic carbocycles. The van der Waals surface area contributed by atoms with Crippen LogP contribution in [0.15, 0.2) is 4.52 Å². The number of aryl methyl sites for hydroxylation is 1. The van der Waals surface area contributed by atoms with Crippen molar-refractivity contribution in [1.29, 1.82) is 0 Å². The zero-order valence-electron chi connectivity index (χ0n) is 10.3. The molecule has 2 N–H and O–H groups in total. The molecule has 1 unspecified atom stereocenters. The molecule has 0 fully saturated rings. The highest BCUT2D eigenvalue weighted by atomic mass is 19.4. The number of aromatic nitrogens is 2. The third-order valence-corrected chi connectivity index (χ3v) is 2.21. The number of rotatable bonds is 6. The summed E-state index contributed by atoms with van der Waals surface area (Å²) in [6, 6.07) is 0. The molecule has 1 atom stereocenters. The van der Waals surface area contributed by atoms with Gasteiger partial charge in [-0.15, -0.1) is 0 Å². The maximum absolute atomic E-state index is 12.0. The maximum atomic E-state index is 12.0. The van der Waals surface area contributed by atoms with Gasteiger partial charge in [-0.2, -0.15) is 18.2 Å². The highest BCUT2D eigenvalue weighted by Gasteiger charge is 2.30. The van der Waals surface area contributed by atoms with Crippen LogP contribution in [0.4, 0.5) is 13.2 Å². The minimum absolute atomic E-state index is 0.0736. The van der Waals surface area contributed by atoms with Crippen molar-refractivity contribution in [3.8, 4) is 0 Å². The number of nitrogens with two attached hydrogens (primary N) is 1. The number of nitrogens with zero attached hydrogens (tertiary/aromatic N) is 2. The molecular weight excluding hydrogens is 251 g/mol. The first kappa shape index (κ1) is 14.9. The molecule has 1 aromatic rings. The molecule has 0 amide bonds. The number of ether oxygens (including phenoxy) is 1. The lowest BCUT2D eigenvalue weighted by Crippen LogP contribution is -2.39. The lowest BCUT2D eigenvalue weighted by molar-refractivity contribution is -0.134. The van der Waals surface area contributed by atoms with Gasteiger partial charge in [-0.25, -0.2) is 0 Å². The summed E-state index contributed by atoms with van der Waals surface area (Å²) in [5, 5.41) is 3.58. The summed E-state index contributed by atoms with van der Waals surface area (Å²) in [5.74, 6) is 0.0728. The van der Waals surface area contributed by atoms with Crippen LogP contribution in [0.1, 0.15) is 32.0 Å². The van der Waals surface area contributed by atoms with Crippen LogP contribution in [0.3, 0.4) is 0 Å². The van der Waals surface area contributed by atoms with Gasteiger partial charge in [0.1, 0.15) is 5.54 Å². The van der Waals surface area contributed by atoms with Crippen LogP contribution >= 0.6 is 0 Å². The van der Waals surface area contributed by atoms with E-state index in [0.29, 0.717) is 6.61 Å². The van der Waals surface area contributed by atoms with Crippen molar-refractivity contribution in [2.45, 2.75) is 38.4 Å². The third-order valence-electron chi connectivity index (χ3n) is 2.21. The van der Waals surface area contributed by atoms with E-state index in [-0.39, 0.29) is 24.7 Å². The van der Waals surface area contributed by atoms with Crippen LogP contribution in [0.5, 0.6) is 0 Å². The Morgan fingerprint density at radius 3 is 2.61 bits per heavy atom. The molecule has 1 rings (SSSR count). The van der Waals surface area contributed by atoms with E-state index in [0.717, 1.165) is 0 Å². The van der Waals surface area contributed by atoms with Gasteiger partial charge in [-0.1, -0.05) is 5.16 Å². The number of alkyl halides is 3. The smallest absolute Gasteiger partial charge is 0.379 e. The lowest BCUT2D eigenvalue weighted by atomic mass is 10.1. The summed E-state index contributed by atoms with van der Waals surface area (Å²) in [7, 11) is 0. The number of hydrogen-bond donors (Lipinski definition) is 1. The van der Waals surface area contributed by atoms with E-state index < -0.39 is 18.1 Å². The van der Waals surface area contributed by atoms with Crippen molar-refractivity contribution in [3.63, 3.8) is 0 Å². The molecule has 0 aliphatic carbocycles. The molecule has 1 heterocycles. The average molecular weight is 267 g/mol. The molecule has 0 bridgehead atoms. The fourth-order valence-corrected chi connectivity index (χ4v) is 1.22. The fourth-order valence-electron chi connectivity index (χ4n) is 1.22. The largest absolute Gasteiger partial charge is 0.389 e. The summed E-state index contributed by atoms with van der Waals surface area (Å²) in [6.07, 6.45) is -5.59. The summed E-state index contributed by atoms with van der Waals surface area (Å²) >= 11 is 0. The zero-order chi connectivity index (χ0) is 13.8. The van der Waals surface area contributed by atoms with Crippen LogP contribution in [-0.2, 0) is 16.7 Å². The maximum Gasteiger partial charge on any atom is 0.389 e. The number of hydrogen-bond acceptors (Lipinski definition) is 5. The van der Waals surface area contributed by atoms with Crippen LogP contribution in [0, 0.1) is 0 Å². The highest BCUT2D eigenvalue weighted by molar-refractivity contribution is 5.01. The molecule has 104 valence electrons. The van der Waals surface area contributed by atoms with E-state index in [1.807, 2.05) is 0 Å². The number of halogens is 3. The van der Waals surface area contributed by atoms with Crippen molar-refractivity contribution in [2.24, 2.45) is 5.73 Å². The van der Waals surface area contributed by atoms with E-state index >= 15 is 0 Å². The Hall–Kier alpha value is -1.15. The van der Waals surface area contributed by atoms with Crippen molar-refractivity contribution in [1.82, 2.24) is 10.1 Å². The predicted octanol–water partition coefficient (Wildman–Crippen LogP) is 1.77. The van der Waals surface area contributed by atoms with E-state index in [9.17, 15) is 13.2 Å². The molecule has 18 heavy (non-hydrogen) atoms. The Balaban J connectivity index is 2.62. The third kappa shape index (κ3) is 4.61. The topological polar surface area (TPSA) is 74.2 Å². The van der Waals surface area contributed by atoms with Crippen molar-refractivity contribution in [2.75, 3.05) is 13.2 Å². The minimum Gasteiger partial charge on any atom is -0.379 e. The van der Waals surface area contributed by atoms with Crippen LogP contribution in [-0.4, -0.2) is 29.5 Å². The molecule has 0 spiro atoms. The quantitative estimate of drug-likeness (QED) is 0.850. The van der Waals surface area contributed by atoms with Gasteiger partial charge in [-0.05, 0) is 13.8 Å². The predicted molar refractivity (Wildman–Crippen MR) is 56.7 cm³/mol. The normalized spacial score (nSPS) is 15.7. The Bertz CT molecular complexity index is 377. The van der Waals surface area contributed by atoms with Crippen molar-refractivity contribution in [3.05, 3.63) is 11.7 Å². The van der Waals surface area contributed by atoms with Gasteiger partial charge in [0, 0.05) is 13.0 Å². The van der Waals surface area contributed by atoms with Gasteiger partial charge in [0.15, 0.2) is 5.82 Å². The summed E-state index contributed by atoms with van der Waals surface area (Å²) in [5.41, 5.74) is 4.91. The molecule has 0 aliphatic heterocycles. The van der Waals surface area contributed by atoms with E-state index in [2.05, 4.69) is 10.1 Å². The fraction of sp³-hybridized carbons (Fsp3) is 0.800. The molecule has 0 saturated carbocycles. The minimum atomic E-state index is -4.24. The highest BCUT2D eigenvalue weighted by Crippen LogP contribution is 2.22. The van der Waals surface area contributed by atoms with Gasteiger partial charge in [0.25, 0.3) is 0 Å². The Kier molecular flexibility index (Phi) is 4.69. The molecular formula is C10H16F3N3O2. The molecule has 0 saturated heterocycles. The molecule has 8 heteroatoms. The average Bonchev–Trinajstić information content (AvgIpc) is 2.72. The Morgan fingerprint density at radius 1 is 1.39 bits per heavy atom. The second-order valence-electron chi connectivity index (χ2n) is 4.18. The standard InChI is InChI=1S/C10H16F3N3O2/c1-3-17-6-9(2,14)8-15-7(18-16-8)4-5-10(11,12)13/h3-6,14H2,1-2H3. The second kappa shape index (κ2) is 5.66. The summed E-state index contributed by atoms with van der Waals surface area (Å²) < 4.78 is 45.9. The molecule has 1 aromatic heterocycles. The van der Waals surface area contributed by atoms with Gasteiger partial charge >= 0.3 is 6.18 Å². The van der Waals surface area contributed by atoms with E-state index in [1.165, 1.54) is 0 Å². The van der Waals surface area contributed by atoms with Gasteiger partial charge < -0.3 is 15.0 Å². The Morgan fingerprint density at radius 2 is 2.06 bits per heavy atom. The molecule has 0 aliphatic rings. The molecule has 0 radical (unpaired) electrons. The molecule has 5 nitrogen and oxygen atoms in total. The lowest BCUT2D eigenvalue weighted by Gasteiger charge is -2.19. The van der Waals surface area contributed by atoms with Crippen LogP contribution < -0.4 is 5.73 Å². The van der Waals surface area contributed by atoms with Gasteiger partial charge in [-0.3, -0.25) is 0 Å². The monoisotopic (exact) mass is 267 g/mol. The summed E-state index contributed by atoms with van der Waals surface area (Å²) in [6.45, 7) is 4.08. The van der Waals surface area contributed by atoms with Crippen molar-refractivity contribution >= 4 is 0 Å². The first-order valence-corrected chi connectivity index (χ1v) is 5.51. The zero-order valence-corrected chi connectivity index (χ0v) is 10.3. The van der Waals surface area contributed by atoms with Crippen LogP contribution in [0.25, 0.3) is 0 Å². The van der Waals surface area contributed by atoms with Gasteiger partial charge in [0.2, 0.25) is 5.89 Å². The summed E-state index contributed by atoms with van der Waals surface area (Å²) in [4.78, 5) is 3.86. The first-order chi connectivity index (χ1) is 8.24. The SMILES string of the molecule is CCOCC(C)(N)c1noc(CCC(F)(F)F)n1. The second-order valence-corrected chi connectivity index (χ2v) is 4.18. The van der Waals surface area contributed by atoms with E-state index in [1.54, 1.807) is 13.8 Å². The van der Waals surface area contributed by atoms with Crippen molar-refractivity contribution < 1.29 is 22.4 Å². The Labute approximate surface area is 102 Å². The first-order valence-electron chi connectivity index (χ1n) is 5.51. The van der Waals surface area contributed by atoms with Crippen LogP contribution in [0.2, 0.25) is 0 Å². The van der Waals surface area contributed by atoms with Gasteiger partial charge in [0.05, 0.1) is 13.0 Å².